The molecule has 5 rings (SSSR count). The first-order chi connectivity index (χ1) is 17.8. The van der Waals surface area contributed by atoms with Gasteiger partial charge in [-0.1, -0.05) is 29.3 Å². The summed E-state index contributed by atoms with van der Waals surface area (Å²) in [6.45, 7) is 0.155. The van der Waals surface area contributed by atoms with E-state index in [0.717, 1.165) is 25.0 Å². The van der Waals surface area contributed by atoms with Crippen LogP contribution in [0.5, 0.6) is 17.2 Å². The van der Waals surface area contributed by atoms with E-state index in [-0.39, 0.29) is 40.3 Å². The van der Waals surface area contributed by atoms with Crippen molar-refractivity contribution in [2.75, 3.05) is 5.32 Å². The summed E-state index contributed by atoms with van der Waals surface area (Å²) in [7, 11) is 0. The molecule has 1 amide bonds. The van der Waals surface area contributed by atoms with Crippen LogP contribution in [0.3, 0.4) is 0 Å². The van der Waals surface area contributed by atoms with Crippen LogP contribution in [0, 0.1) is 10.1 Å². The molecular weight excluding hydrogens is 519 g/mol. The van der Waals surface area contributed by atoms with Crippen molar-refractivity contribution in [3.63, 3.8) is 0 Å². The third kappa shape index (κ3) is 5.87. The molecular formula is C27H20Cl2N2O6. The molecule has 0 bridgehead atoms. The van der Waals surface area contributed by atoms with Crippen molar-refractivity contribution in [2.24, 2.45) is 0 Å². The Morgan fingerprint density at radius 3 is 2.62 bits per heavy atom. The lowest BCUT2D eigenvalue weighted by molar-refractivity contribution is -0.384. The van der Waals surface area contributed by atoms with E-state index in [2.05, 4.69) is 11.4 Å². The van der Waals surface area contributed by atoms with Crippen molar-refractivity contribution in [3.8, 4) is 17.2 Å². The molecule has 1 aliphatic rings. The van der Waals surface area contributed by atoms with Gasteiger partial charge in [-0.2, -0.15) is 0 Å². The third-order valence-electron chi connectivity index (χ3n) is 5.82. The fourth-order valence-corrected chi connectivity index (χ4v) is 4.51. The number of carbonyl (C=O) groups excluding carboxylic acids is 1. The second-order valence-corrected chi connectivity index (χ2v) is 9.29. The number of halogens is 2. The van der Waals surface area contributed by atoms with Gasteiger partial charge >= 0.3 is 0 Å². The second kappa shape index (κ2) is 10.5. The van der Waals surface area contributed by atoms with Gasteiger partial charge in [0.2, 0.25) is 0 Å². The molecule has 0 aliphatic heterocycles. The first kappa shape index (κ1) is 24.7. The average molecular weight is 539 g/mol. The maximum atomic E-state index is 12.8. The van der Waals surface area contributed by atoms with Crippen LogP contribution in [-0.2, 0) is 19.4 Å². The lowest BCUT2D eigenvalue weighted by Gasteiger charge is -2.10. The van der Waals surface area contributed by atoms with Gasteiger partial charge in [0.05, 0.1) is 21.7 Å². The molecule has 3 aromatic carbocycles. The highest BCUT2D eigenvalue weighted by Gasteiger charge is 2.17. The fourth-order valence-electron chi connectivity index (χ4n) is 4.07. The van der Waals surface area contributed by atoms with Crippen molar-refractivity contribution in [3.05, 3.63) is 110 Å². The number of fused-ring (bicyclic) bond motifs is 1. The predicted octanol–water partition coefficient (Wildman–Crippen LogP) is 7.61. The van der Waals surface area contributed by atoms with Gasteiger partial charge in [0.25, 0.3) is 11.6 Å². The number of nitrogens with zero attached hydrogens (tertiary/aromatic N) is 1. The Morgan fingerprint density at radius 1 is 0.973 bits per heavy atom. The van der Waals surface area contributed by atoms with Crippen LogP contribution < -0.4 is 14.8 Å². The summed E-state index contributed by atoms with van der Waals surface area (Å²) < 4.78 is 17.2. The number of hydrogen-bond donors (Lipinski definition) is 1. The molecule has 4 aromatic rings. The SMILES string of the molecule is O=C(Nc1cc(Oc2ccc(Cl)cc2Cl)cc([N+](=O)[O-])c1)c1ccc(COc2ccc3c(c2)CCC3)o1. The van der Waals surface area contributed by atoms with Crippen molar-refractivity contribution in [1.29, 1.82) is 0 Å². The fraction of sp³-hybridized carbons (Fsp3) is 0.148. The van der Waals surface area contributed by atoms with Crippen LogP contribution in [0.1, 0.15) is 33.9 Å². The molecule has 0 spiro atoms. The molecule has 1 aromatic heterocycles. The number of amides is 1. The van der Waals surface area contributed by atoms with Gasteiger partial charge in [0.1, 0.15) is 29.6 Å². The highest BCUT2D eigenvalue weighted by atomic mass is 35.5. The van der Waals surface area contributed by atoms with Gasteiger partial charge < -0.3 is 19.2 Å². The zero-order chi connectivity index (χ0) is 25.9. The Bertz CT molecular complexity index is 1500. The first-order valence-electron chi connectivity index (χ1n) is 11.4. The molecule has 0 radical (unpaired) electrons. The number of hydrogen-bond acceptors (Lipinski definition) is 6. The molecule has 0 saturated heterocycles. The van der Waals surface area contributed by atoms with Gasteiger partial charge in [-0.3, -0.25) is 14.9 Å². The number of furan rings is 1. The number of benzene rings is 3. The number of non-ortho nitro benzene ring substituents is 1. The van der Waals surface area contributed by atoms with Gasteiger partial charge in [-0.15, -0.1) is 0 Å². The molecule has 0 saturated carbocycles. The molecule has 1 N–H and O–H groups in total. The first-order valence-corrected chi connectivity index (χ1v) is 12.2. The van der Waals surface area contributed by atoms with Crippen molar-refractivity contribution < 1.29 is 23.6 Å². The molecule has 1 aliphatic carbocycles. The van der Waals surface area contributed by atoms with E-state index in [1.165, 1.54) is 47.5 Å². The minimum Gasteiger partial charge on any atom is -0.486 e. The Hall–Kier alpha value is -4.01. The van der Waals surface area contributed by atoms with Crippen molar-refractivity contribution >= 4 is 40.5 Å². The Balaban J connectivity index is 1.27. The van der Waals surface area contributed by atoms with Gasteiger partial charge in [-0.25, -0.2) is 0 Å². The lowest BCUT2D eigenvalue weighted by Crippen LogP contribution is -2.11. The van der Waals surface area contributed by atoms with Gasteiger partial charge in [0.15, 0.2) is 5.76 Å². The summed E-state index contributed by atoms with van der Waals surface area (Å²) >= 11 is 12.0. The third-order valence-corrected chi connectivity index (χ3v) is 6.35. The number of ether oxygens (including phenoxy) is 2. The predicted molar refractivity (Wildman–Crippen MR) is 139 cm³/mol. The van der Waals surface area contributed by atoms with Crippen LogP contribution in [0.25, 0.3) is 0 Å². The number of aryl methyl sites for hydroxylation is 2. The quantitative estimate of drug-likeness (QED) is 0.183. The van der Waals surface area contributed by atoms with Crippen LogP contribution in [-0.4, -0.2) is 10.8 Å². The van der Waals surface area contributed by atoms with Crippen molar-refractivity contribution in [1.82, 2.24) is 0 Å². The molecule has 0 fully saturated rings. The van der Waals surface area contributed by atoms with Crippen LogP contribution in [0.15, 0.2) is 71.1 Å². The summed E-state index contributed by atoms with van der Waals surface area (Å²) in [5, 5.41) is 14.7. The van der Waals surface area contributed by atoms with E-state index >= 15 is 0 Å². The number of nitro groups is 1. The normalized spacial score (nSPS) is 12.2. The molecule has 188 valence electrons. The van der Waals surface area contributed by atoms with Crippen molar-refractivity contribution in [2.45, 2.75) is 25.9 Å². The van der Waals surface area contributed by atoms with E-state index in [0.29, 0.717) is 10.8 Å². The minimum absolute atomic E-state index is 0.0299. The molecule has 37 heavy (non-hydrogen) atoms. The largest absolute Gasteiger partial charge is 0.486 e. The van der Waals surface area contributed by atoms with E-state index in [1.807, 2.05) is 12.1 Å². The lowest BCUT2D eigenvalue weighted by atomic mass is 10.1. The maximum Gasteiger partial charge on any atom is 0.291 e. The molecule has 1 heterocycles. The number of nitro benzene ring substituents is 1. The summed E-state index contributed by atoms with van der Waals surface area (Å²) in [6.07, 6.45) is 3.30. The van der Waals surface area contributed by atoms with Crippen LogP contribution in [0.4, 0.5) is 11.4 Å². The Labute approximate surface area is 221 Å². The van der Waals surface area contributed by atoms with Gasteiger partial charge in [0, 0.05) is 17.2 Å². The Kier molecular flexibility index (Phi) is 7.03. The van der Waals surface area contributed by atoms with Crippen LogP contribution >= 0.6 is 23.2 Å². The molecule has 0 unspecified atom stereocenters. The van der Waals surface area contributed by atoms with E-state index in [9.17, 15) is 14.9 Å². The molecule has 8 nitrogen and oxygen atoms in total. The topological polar surface area (TPSA) is 104 Å². The zero-order valence-electron chi connectivity index (χ0n) is 19.3. The van der Waals surface area contributed by atoms with Gasteiger partial charge in [-0.05, 0) is 72.9 Å². The number of rotatable bonds is 8. The second-order valence-electron chi connectivity index (χ2n) is 8.44. The molecule has 0 atom stereocenters. The maximum absolute atomic E-state index is 12.8. The highest BCUT2D eigenvalue weighted by molar-refractivity contribution is 6.35. The smallest absolute Gasteiger partial charge is 0.291 e. The highest BCUT2D eigenvalue weighted by Crippen LogP contribution is 2.35. The number of anilines is 1. The summed E-state index contributed by atoms with van der Waals surface area (Å²) in [5.74, 6) is 1.01. The summed E-state index contributed by atoms with van der Waals surface area (Å²) in [4.78, 5) is 23.6. The monoisotopic (exact) mass is 538 g/mol. The minimum atomic E-state index is -0.590. The average Bonchev–Trinajstić information content (AvgIpc) is 3.53. The number of carbonyl (C=O) groups is 1. The van der Waals surface area contributed by atoms with E-state index < -0.39 is 10.8 Å². The number of nitrogens with one attached hydrogen (secondary N) is 1. The standard InChI is InChI=1S/C27H20Cl2N2O6/c28-18-5-8-25(24(29)11-18)37-23-13-19(12-20(14-23)31(33)34)30-27(32)26-9-7-22(36-26)15-35-21-6-4-16-2-1-3-17(16)10-21/h4-14H,1-3,15H2,(H,30,32). The van der Waals surface area contributed by atoms with Crippen LogP contribution in [0.2, 0.25) is 10.0 Å². The molecule has 10 heteroatoms. The van der Waals surface area contributed by atoms with E-state index in [1.54, 1.807) is 12.1 Å². The zero-order valence-corrected chi connectivity index (χ0v) is 20.8. The van der Waals surface area contributed by atoms with E-state index in [4.69, 9.17) is 37.1 Å². The Morgan fingerprint density at radius 2 is 1.81 bits per heavy atom. The summed E-state index contributed by atoms with van der Waals surface area (Å²) in [6, 6.07) is 17.7. The summed E-state index contributed by atoms with van der Waals surface area (Å²) in [5.41, 5.74) is 2.53.